The summed E-state index contributed by atoms with van der Waals surface area (Å²) >= 11 is 0. The minimum Gasteiger partial charge on any atom is -0.505 e. The van der Waals surface area contributed by atoms with Crippen molar-refractivity contribution in [3.63, 3.8) is 0 Å². The molecule has 6 N–H and O–H groups in total. The summed E-state index contributed by atoms with van der Waals surface area (Å²) < 4.78 is 188. The minimum absolute atomic E-state index is 0.0624. The molecule has 0 heterocycles. The van der Waals surface area contributed by atoms with Gasteiger partial charge in [-0.3, -0.25) is 18.2 Å². The molecule has 0 aliphatic heterocycles. The second-order valence-corrected chi connectivity index (χ2v) is 20.2. The smallest absolute Gasteiger partial charge is 0.397 e. The maximum atomic E-state index is 12.7. The summed E-state index contributed by atoms with van der Waals surface area (Å²) in [6.45, 7) is -1.95. The molecule has 0 atom stereocenters. The molecule has 4 aromatic rings. The molecule has 57 heavy (non-hydrogen) atoms. The topological polar surface area (TPSA) is 386 Å². The lowest BCUT2D eigenvalue weighted by Gasteiger charge is -2.13. The number of anilines is 1. The number of rotatable bonds is 17. The number of nitrogens with one attached hydrogen (secondary N) is 1. The first kappa shape index (κ1) is 45.1. The molecule has 310 valence electrons. The minimum atomic E-state index is -5.25. The number of fused-ring (bicyclic) bond motifs is 1. The van der Waals surface area contributed by atoms with Crippen LogP contribution in [0.15, 0.2) is 101 Å². The first-order valence-electron chi connectivity index (χ1n) is 14.9. The SMILES string of the molecule is CNc1ccc2c(O)c(/N=N/c3ccc(S(=O)(=O)CCOS(=O)(=O)O)cc3)c(S(=O)(=O)O)cc2c1/N=N/c1ccc(S(=O)(=O)CCOS(=O)(=O)O)cc1S(=O)(=O)O. The Bertz CT molecular complexity index is 2970. The van der Waals surface area contributed by atoms with Crippen molar-refractivity contribution in [3.8, 4) is 5.75 Å². The molecule has 4 aromatic carbocycles. The highest BCUT2D eigenvalue weighted by Gasteiger charge is 2.26. The highest BCUT2D eigenvalue weighted by molar-refractivity contribution is 7.92. The predicted molar refractivity (Wildman–Crippen MR) is 195 cm³/mol. The number of nitrogens with zero attached hydrogens (tertiary/aromatic N) is 4. The lowest BCUT2D eigenvalue weighted by atomic mass is 10.1. The van der Waals surface area contributed by atoms with Crippen LogP contribution >= 0.6 is 0 Å². The molecule has 24 nitrogen and oxygen atoms in total. The van der Waals surface area contributed by atoms with Gasteiger partial charge in [0.1, 0.15) is 26.9 Å². The summed E-state index contributed by atoms with van der Waals surface area (Å²) in [5.74, 6) is -2.80. The van der Waals surface area contributed by atoms with Gasteiger partial charge >= 0.3 is 20.8 Å². The molecule has 0 unspecified atom stereocenters. The third kappa shape index (κ3) is 11.7. The van der Waals surface area contributed by atoms with Crippen molar-refractivity contribution < 1.29 is 82.2 Å². The number of sulfone groups is 2. The van der Waals surface area contributed by atoms with Gasteiger partial charge in [-0.15, -0.1) is 15.3 Å². The molecule has 0 fully saturated rings. The summed E-state index contributed by atoms with van der Waals surface area (Å²) in [5.41, 5.74) is -1.83. The van der Waals surface area contributed by atoms with Gasteiger partial charge in [0.15, 0.2) is 25.4 Å². The third-order valence-electron chi connectivity index (χ3n) is 7.21. The summed E-state index contributed by atoms with van der Waals surface area (Å²) in [5, 5.41) is 28.7. The molecule has 0 aliphatic rings. The van der Waals surface area contributed by atoms with E-state index >= 15 is 0 Å². The van der Waals surface area contributed by atoms with Gasteiger partial charge < -0.3 is 10.4 Å². The highest BCUT2D eigenvalue weighted by Crippen LogP contribution is 2.46. The lowest BCUT2D eigenvalue weighted by Crippen LogP contribution is -2.16. The van der Waals surface area contributed by atoms with Gasteiger partial charge in [-0.2, -0.15) is 38.8 Å². The van der Waals surface area contributed by atoms with E-state index in [0.29, 0.717) is 6.07 Å². The molecule has 0 radical (unpaired) electrons. The van der Waals surface area contributed by atoms with E-state index in [2.05, 4.69) is 34.1 Å². The van der Waals surface area contributed by atoms with Crippen LogP contribution in [0.4, 0.5) is 28.4 Å². The third-order valence-corrected chi connectivity index (χ3v) is 13.3. The van der Waals surface area contributed by atoms with Crippen LogP contribution in [-0.4, -0.2) is 106 Å². The Morgan fingerprint density at radius 1 is 0.561 bits per heavy atom. The number of aromatic hydroxyl groups is 1. The van der Waals surface area contributed by atoms with E-state index in [1.807, 2.05) is 0 Å². The number of hydrogen-bond donors (Lipinski definition) is 6. The average Bonchev–Trinajstić information content (AvgIpc) is 3.08. The number of azo groups is 2. The Balaban J connectivity index is 1.78. The number of hydrogen-bond acceptors (Lipinski definition) is 20. The first-order valence-corrected chi connectivity index (χ1v) is 23.8. The van der Waals surface area contributed by atoms with E-state index in [1.165, 1.54) is 19.2 Å². The molecular weight excluding hydrogens is 891 g/mol. The van der Waals surface area contributed by atoms with Crippen LogP contribution in [0.5, 0.6) is 5.75 Å². The molecule has 0 saturated carbocycles. The Morgan fingerprint density at radius 3 is 1.58 bits per heavy atom. The van der Waals surface area contributed by atoms with E-state index in [1.54, 1.807) is 0 Å². The van der Waals surface area contributed by atoms with Crippen molar-refractivity contribution in [1.29, 1.82) is 0 Å². The summed E-state index contributed by atoms with van der Waals surface area (Å²) in [6, 6.07) is 9.71. The van der Waals surface area contributed by atoms with Crippen molar-refractivity contribution in [2.24, 2.45) is 20.5 Å². The van der Waals surface area contributed by atoms with Gasteiger partial charge in [-0.05, 0) is 60.7 Å². The predicted octanol–water partition coefficient (Wildman–Crippen LogP) is 3.10. The second kappa shape index (κ2) is 16.7. The van der Waals surface area contributed by atoms with Crippen LogP contribution in [0.2, 0.25) is 0 Å². The standard InChI is InChI=1S/C27H27N5O19S6/c1-28-22-9-7-19-20(25(22)31-30-21-8-6-18(14-23(21)54(38,39)40)53(36,37)13-11-51-57(47,48)49)15-24(55(41,42)43)26(27(19)33)32-29-16-2-4-17(5-3-16)52(34,35)12-10-50-56(44,45)46/h2-9,14-15,28,33H,10-13H2,1H3,(H,38,39,40)(H,41,42,43)(H,44,45,46)(H,47,48,49)/b31-30+,32-29+. The van der Waals surface area contributed by atoms with Gasteiger partial charge in [0.2, 0.25) is 0 Å². The molecule has 0 aliphatic carbocycles. The van der Waals surface area contributed by atoms with Gasteiger partial charge in [-0.1, -0.05) is 0 Å². The fourth-order valence-electron chi connectivity index (χ4n) is 4.65. The second-order valence-electron chi connectivity index (χ2n) is 11.0. The van der Waals surface area contributed by atoms with Crippen LogP contribution < -0.4 is 5.32 Å². The highest BCUT2D eigenvalue weighted by atomic mass is 32.3. The van der Waals surface area contributed by atoms with E-state index in [0.717, 1.165) is 42.5 Å². The Hall–Kier alpha value is -4.60. The van der Waals surface area contributed by atoms with E-state index in [9.17, 15) is 64.7 Å². The molecular formula is C27H27N5O19S6. The Morgan fingerprint density at radius 2 is 1.07 bits per heavy atom. The largest absolute Gasteiger partial charge is 0.505 e. The number of phenols is 1. The van der Waals surface area contributed by atoms with Crippen LogP contribution in [0.1, 0.15) is 0 Å². The molecule has 0 aromatic heterocycles. The van der Waals surface area contributed by atoms with Gasteiger partial charge in [0.25, 0.3) is 20.2 Å². The van der Waals surface area contributed by atoms with Crippen molar-refractivity contribution in [1.82, 2.24) is 0 Å². The van der Waals surface area contributed by atoms with Crippen molar-refractivity contribution >= 4 is 99.9 Å². The van der Waals surface area contributed by atoms with E-state index < -0.39 is 117 Å². The fourth-order valence-corrected chi connectivity index (χ4v) is 9.02. The van der Waals surface area contributed by atoms with Crippen molar-refractivity contribution in [2.75, 3.05) is 37.1 Å². The average molecular weight is 918 g/mol. The van der Waals surface area contributed by atoms with Crippen LogP contribution in [-0.2, 0) is 69.1 Å². The van der Waals surface area contributed by atoms with Gasteiger partial charge in [-0.25, -0.2) is 25.2 Å². The van der Waals surface area contributed by atoms with E-state index in [-0.39, 0.29) is 32.7 Å². The molecule has 0 saturated heterocycles. The monoisotopic (exact) mass is 917 g/mol. The Labute approximate surface area is 324 Å². The molecule has 0 spiro atoms. The summed E-state index contributed by atoms with van der Waals surface area (Å²) in [4.78, 5) is -3.22. The number of benzene rings is 4. The van der Waals surface area contributed by atoms with Crippen LogP contribution in [0, 0.1) is 0 Å². The fraction of sp³-hybridized carbons (Fsp3) is 0.185. The van der Waals surface area contributed by atoms with Crippen LogP contribution in [0.25, 0.3) is 10.8 Å². The van der Waals surface area contributed by atoms with Gasteiger partial charge in [0, 0.05) is 17.8 Å². The summed E-state index contributed by atoms with van der Waals surface area (Å²) in [7, 11) is -27.6. The normalized spacial score (nSPS) is 13.5. The quantitative estimate of drug-likeness (QED) is 0.0654. The molecule has 30 heteroatoms. The molecule has 4 rings (SSSR count). The zero-order chi connectivity index (χ0) is 42.8. The summed E-state index contributed by atoms with van der Waals surface area (Å²) in [6.07, 6.45) is 0. The van der Waals surface area contributed by atoms with Crippen molar-refractivity contribution in [2.45, 2.75) is 19.6 Å². The number of phenolic OH excluding ortho intramolecular Hbond substituents is 1. The molecule has 0 amide bonds. The lowest BCUT2D eigenvalue weighted by molar-refractivity contribution is 0.282. The zero-order valence-electron chi connectivity index (χ0n) is 28.3. The van der Waals surface area contributed by atoms with Gasteiger partial charge in [0.05, 0.1) is 45.9 Å². The maximum Gasteiger partial charge on any atom is 0.397 e. The van der Waals surface area contributed by atoms with Crippen LogP contribution in [0.3, 0.4) is 0 Å². The maximum absolute atomic E-state index is 12.7. The molecule has 0 bridgehead atoms. The first-order chi connectivity index (χ1) is 26.1. The zero-order valence-corrected chi connectivity index (χ0v) is 33.2. The van der Waals surface area contributed by atoms with E-state index in [4.69, 9.17) is 9.11 Å². The Kier molecular flexibility index (Phi) is 13.2. The van der Waals surface area contributed by atoms with Crippen molar-refractivity contribution in [3.05, 3.63) is 60.7 Å².